The van der Waals surface area contributed by atoms with Gasteiger partial charge in [0.15, 0.2) is 0 Å². The van der Waals surface area contributed by atoms with E-state index >= 15 is 0 Å². The molecule has 0 fully saturated rings. The number of benzene rings is 1. The van der Waals surface area contributed by atoms with Crippen LogP contribution in [0.3, 0.4) is 0 Å². The highest BCUT2D eigenvalue weighted by atomic mass is 16.6. The molecule has 0 radical (unpaired) electrons. The van der Waals surface area contributed by atoms with E-state index in [1.165, 1.54) is 0 Å². The van der Waals surface area contributed by atoms with E-state index in [2.05, 4.69) is 6.58 Å². The van der Waals surface area contributed by atoms with Crippen LogP contribution in [0.4, 0.5) is 0 Å². The van der Waals surface area contributed by atoms with Gasteiger partial charge in [-0.3, -0.25) is 0 Å². The molecule has 0 amide bonds. The van der Waals surface area contributed by atoms with Gasteiger partial charge < -0.3 is 14.2 Å². The molecule has 3 nitrogen and oxygen atoms in total. The van der Waals surface area contributed by atoms with Crippen LogP contribution in [0.5, 0.6) is 5.75 Å². The lowest BCUT2D eigenvalue weighted by Gasteiger charge is -2.17. The Balaban J connectivity index is 2.14. The summed E-state index contributed by atoms with van der Waals surface area (Å²) in [5.74, 6) is 0.865. The van der Waals surface area contributed by atoms with Crippen molar-refractivity contribution in [1.29, 1.82) is 0 Å². The molecule has 3 heteroatoms. The fourth-order valence-corrected chi connectivity index (χ4v) is 1.36. The summed E-state index contributed by atoms with van der Waals surface area (Å²) in [7, 11) is 0. The molecule has 1 aromatic carbocycles. The molecule has 0 aliphatic rings. The van der Waals surface area contributed by atoms with Crippen molar-refractivity contribution in [1.82, 2.24) is 0 Å². The predicted molar refractivity (Wildman–Crippen MR) is 73.0 cm³/mol. The highest BCUT2D eigenvalue weighted by molar-refractivity contribution is 5.20. The molecule has 0 bridgehead atoms. The molecule has 100 valence electrons. The first-order valence-corrected chi connectivity index (χ1v) is 6.24. The van der Waals surface area contributed by atoms with E-state index < -0.39 is 0 Å². The van der Waals surface area contributed by atoms with E-state index in [0.717, 1.165) is 5.75 Å². The van der Waals surface area contributed by atoms with Crippen molar-refractivity contribution in [2.75, 3.05) is 19.8 Å². The van der Waals surface area contributed by atoms with Crippen LogP contribution in [0.1, 0.15) is 13.8 Å². The summed E-state index contributed by atoms with van der Waals surface area (Å²) in [6.45, 7) is 9.23. The summed E-state index contributed by atoms with van der Waals surface area (Å²) >= 11 is 0. The second-order valence-electron chi connectivity index (χ2n) is 4.20. The van der Waals surface area contributed by atoms with Gasteiger partial charge in [0.25, 0.3) is 0 Å². The normalized spacial score (nSPS) is 13.9. The van der Waals surface area contributed by atoms with Crippen molar-refractivity contribution >= 4 is 0 Å². The molecule has 0 spiro atoms. The minimum atomic E-state index is 0.0417. The van der Waals surface area contributed by atoms with E-state index in [4.69, 9.17) is 14.2 Å². The number of hydrogen-bond acceptors (Lipinski definition) is 3. The predicted octanol–water partition coefficient (Wildman–Crippen LogP) is 3.06. The van der Waals surface area contributed by atoms with Gasteiger partial charge in [-0.1, -0.05) is 24.3 Å². The van der Waals surface area contributed by atoms with Gasteiger partial charge in [-0.2, -0.15) is 0 Å². The summed E-state index contributed by atoms with van der Waals surface area (Å²) < 4.78 is 16.7. The Morgan fingerprint density at radius 3 is 2.39 bits per heavy atom. The minimum Gasteiger partial charge on any atom is -0.491 e. The molecule has 2 atom stereocenters. The molecular weight excluding hydrogens is 228 g/mol. The second-order valence-corrected chi connectivity index (χ2v) is 4.20. The van der Waals surface area contributed by atoms with Gasteiger partial charge in [-0.25, -0.2) is 0 Å². The summed E-state index contributed by atoms with van der Waals surface area (Å²) in [6.07, 6.45) is 1.85. The van der Waals surface area contributed by atoms with E-state index in [-0.39, 0.29) is 12.2 Å². The molecule has 0 aliphatic carbocycles. The molecule has 2 unspecified atom stereocenters. The third-order valence-corrected chi connectivity index (χ3v) is 2.34. The maximum absolute atomic E-state index is 5.64. The van der Waals surface area contributed by atoms with E-state index in [9.17, 15) is 0 Å². The third-order valence-electron chi connectivity index (χ3n) is 2.34. The SMILES string of the molecule is C=CCOC(C)COC(C)COc1ccccc1. The van der Waals surface area contributed by atoms with Crippen LogP contribution in [0.15, 0.2) is 43.0 Å². The molecule has 18 heavy (non-hydrogen) atoms. The van der Waals surface area contributed by atoms with Crippen LogP contribution in [0.25, 0.3) is 0 Å². The van der Waals surface area contributed by atoms with Gasteiger partial charge in [0.05, 0.1) is 25.4 Å². The topological polar surface area (TPSA) is 27.7 Å². The molecular formula is C15H22O3. The average molecular weight is 250 g/mol. The Bertz CT molecular complexity index is 324. The maximum Gasteiger partial charge on any atom is 0.119 e. The van der Waals surface area contributed by atoms with Crippen molar-refractivity contribution in [2.24, 2.45) is 0 Å². The first-order valence-electron chi connectivity index (χ1n) is 6.24. The number of rotatable bonds is 9. The van der Waals surface area contributed by atoms with Gasteiger partial charge in [-0.05, 0) is 26.0 Å². The van der Waals surface area contributed by atoms with Crippen molar-refractivity contribution in [3.63, 3.8) is 0 Å². The molecule has 0 aliphatic heterocycles. The summed E-state index contributed by atoms with van der Waals surface area (Å²) in [6, 6.07) is 9.73. The molecule has 0 saturated carbocycles. The standard InChI is InChI=1S/C15H22O3/c1-4-10-16-13(2)11-17-14(3)12-18-15-8-6-5-7-9-15/h4-9,13-14H,1,10-12H2,2-3H3. The summed E-state index contributed by atoms with van der Waals surface area (Å²) in [5.41, 5.74) is 0. The Hall–Kier alpha value is -1.32. The lowest BCUT2D eigenvalue weighted by Crippen LogP contribution is -2.24. The van der Waals surface area contributed by atoms with E-state index in [0.29, 0.717) is 19.8 Å². The Kier molecular flexibility index (Phi) is 7.14. The van der Waals surface area contributed by atoms with Gasteiger partial charge in [0.1, 0.15) is 12.4 Å². The average Bonchev–Trinajstić information content (AvgIpc) is 2.41. The molecule has 0 aromatic heterocycles. The van der Waals surface area contributed by atoms with Crippen LogP contribution in [-0.4, -0.2) is 32.0 Å². The van der Waals surface area contributed by atoms with Gasteiger partial charge in [0.2, 0.25) is 0 Å². The maximum atomic E-state index is 5.64. The van der Waals surface area contributed by atoms with Crippen molar-refractivity contribution < 1.29 is 14.2 Å². The van der Waals surface area contributed by atoms with E-state index in [1.807, 2.05) is 44.2 Å². The summed E-state index contributed by atoms with van der Waals surface area (Å²) in [4.78, 5) is 0. The van der Waals surface area contributed by atoms with Crippen LogP contribution >= 0.6 is 0 Å². The number of ether oxygens (including phenoxy) is 3. The smallest absolute Gasteiger partial charge is 0.119 e. The third kappa shape index (κ3) is 6.42. The quantitative estimate of drug-likeness (QED) is 0.630. The molecule has 1 rings (SSSR count). The first-order chi connectivity index (χ1) is 8.72. The first kappa shape index (κ1) is 14.7. The highest BCUT2D eigenvalue weighted by Gasteiger charge is 2.07. The number of para-hydroxylation sites is 1. The minimum absolute atomic E-state index is 0.0417. The molecule has 0 heterocycles. The van der Waals surface area contributed by atoms with Gasteiger partial charge >= 0.3 is 0 Å². The lowest BCUT2D eigenvalue weighted by molar-refractivity contribution is -0.0357. The number of hydrogen-bond donors (Lipinski definition) is 0. The van der Waals surface area contributed by atoms with Crippen LogP contribution in [-0.2, 0) is 9.47 Å². The van der Waals surface area contributed by atoms with Crippen LogP contribution in [0.2, 0.25) is 0 Å². The lowest BCUT2D eigenvalue weighted by atomic mass is 10.3. The Morgan fingerprint density at radius 1 is 1.06 bits per heavy atom. The van der Waals surface area contributed by atoms with Crippen molar-refractivity contribution in [2.45, 2.75) is 26.1 Å². The zero-order valence-corrected chi connectivity index (χ0v) is 11.2. The van der Waals surface area contributed by atoms with Crippen molar-refractivity contribution in [3.05, 3.63) is 43.0 Å². The zero-order valence-electron chi connectivity index (χ0n) is 11.2. The molecule has 0 N–H and O–H groups in total. The molecule has 0 saturated heterocycles. The van der Waals surface area contributed by atoms with Crippen LogP contribution in [0, 0.1) is 0 Å². The van der Waals surface area contributed by atoms with E-state index in [1.54, 1.807) is 6.08 Å². The second kappa shape index (κ2) is 8.72. The Morgan fingerprint density at radius 2 is 1.72 bits per heavy atom. The monoisotopic (exact) mass is 250 g/mol. The largest absolute Gasteiger partial charge is 0.491 e. The molecule has 1 aromatic rings. The van der Waals surface area contributed by atoms with Gasteiger partial charge in [-0.15, -0.1) is 6.58 Å². The van der Waals surface area contributed by atoms with Crippen molar-refractivity contribution in [3.8, 4) is 5.75 Å². The zero-order chi connectivity index (χ0) is 13.2. The van der Waals surface area contributed by atoms with Gasteiger partial charge in [0, 0.05) is 0 Å². The highest BCUT2D eigenvalue weighted by Crippen LogP contribution is 2.09. The fourth-order valence-electron chi connectivity index (χ4n) is 1.36. The fraction of sp³-hybridized carbons (Fsp3) is 0.467. The Labute approximate surface area is 109 Å². The van der Waals surface area contributed by atoms with Crippen LogP contribution < -0.4 is 4.74 Å². The summed E-state index contributed by atoms with van der Waals surface area (Å²) in [5, 5.41) is 0.